The number of amides is 1. The Bertz CT molecular complexity index is 964. The van der Waals surface area contributed by atoms with Crippen molar-refractivity contribution in [3.8, 4) is 0 Å². The molecule has 1 unspecified atom stereocenters. The number of nitrogens with two attached hydrogens (primary N) is 1. The molecule has 4 rings (SSSR count). The lowest BCUT2D eigenvalue weighted by Crippen LogP contribution is -2.68. The van der Waals surface area contributed by atoms with Crippen molar-refractivity contribution in [1.29, 1.82) is 0 Å². The third-order valence-corrected chi connectivity index (χ3v) is 6.76. The Balaban J connectivity index is 1.69. The summed E-state index contributed by atoms with van der Waals surface area (Å²) in [4.78, 5) is 27.5. The molecule has 0 aromatic heterocycles. The van der Waals surface area contributed by atoms with Gasteiger partial charge in [0.25, 0.3) is 0 Å². The van der Waals surface area contributed by atoms with Crippen LogP contribution in [0.25, 0.3) is 0 Å². The lowest BCUT2D eigenvalue weighted by molar-refractivity contribution is -0.153. The van der Waals surface area contributed by atoms with E-state index in [1.807, 2.05) is 72.8 Å². The molecule has 0 aliphatic carbocycles. The van der Waals surface area contributed by atoms with E-state index in [1.165, 1.54) is 4.90 Å². The van der Waals surface area contributed by atoms with Crippen molar-refractivity contribution in [1.82, 2.24) is 4.90 Å². The third-order valence-electron chi connectivity index (χ3n) is 5.44. The van der Waals surface area contributed by atoms with E-state index in [1.54, 1.807) is 11.8 Å². The zero-order valence-electron chi connectivity index (χ0n) is 17.4. The number of carbonyl (C=O) groups is 2. The Morgan fingerprint density at radius 3 is 2.35 bits per heavy atom. The smallest absolute Gasteiger partial charge is 0.356 e. The van der Waals surface area contributed by atoms with Gasteiger partial charge < -0.3 is 10.5 Å². The van der Waals surface area contributed by atoms with Crippen molar-refractivity contribution in [2.24, 2.45) is 5.73 Å². The number of esters is 1. The van der Waals surface area contributed by atoms with Crippen LogP contribution in [0, 0.1) is 0 Å². The Morgan fingerprint density at radius 1 is 1.16 bits per heavy atom. The lowest BCUT2D eigenvalue weighted by atomic mass is 10.0. The van der Waals surface area contributed by atoms with E-state index in [9.17, 15) is 9.59 Å². The number of hydrogen-bond acceptors (Lipinski definition) is 5. The number of benzene rings is 2. The molecule has 2 heterocycles. The summed E-state index contributed by atoms with van der Waals surface area (Å²) in [6.07, 6.45) is 5.34. The first-order valence-electron chi connectivity index (χ1n) is 10.5. The summed E-state index contributed by atoms with van der Waals surface area (Å²) in [5, 5.41) is -0.217. The van der Waals surface area contributed by atoms with Gasteiger partial charge in [0.05, 0.1) is 0 Å². The van der Waals surface area contributed by atoms with E-state index >= 15 is 0 Å². The van der Waals surface area contributed by atoms with Gasteiger partial charge in [-0.2, -0.15) is 0 Å². The molecule has 1 amide bonds. The van der Waals surface area contributed by atoms with Crippen molar-refractivity contribution >= 4 is 23.6 Å². The highest BCUT2D eigenvalue weighted by Crippen LogP contribution is 2.41. The fourth-order valence-corrected chi connectivity index (χ4v) is 5.06. The standard InChI is InChI=1S/C25H26N2O3S/c1-2-3-6-15-19-16-31-24-20(26)23(28)27(24)21(19)25(29)30-22(17-11-7-4-8-12-17)18-13-9-5-10-14-18/h4-15,20,22,24H,2-3,16,26H2,1H3/t20?,24-/m0/s1. The molecule has 2 N–H and O–H groups in total. The molecule has 160 valence electrons. The van der Waals surface area contributed by atoms with Crippen molar-refractivity contribution in [2.45, 2.75) is 37.3 Å². The third kappa shape index (κ3) is 4.31. The van der Waals surface area contributed by atoms with E-state index in [-0.39, 0.29) is 11.3 Å². The van der Waals surface area contributed by atoms with Gasteiger partial charge in [0.15, 0.2) is 6.10 Å². The van der Waals surface area contributed by atoms with Gasteiger partial charge in [0.1, 0.15) is 17.1 Å². The fraction of sp³-hybridized carbons (Fsp3) is 0.280. The van der Waals surface area contributed by atoms with Crippen molar-refractivity contribution in [2.75, 3.05) is 5.75 Å². The lowest BCUT2D eigenvalue weighted by Gasteiger charge is -2.48. The van der Waals surface area contributed by atoms with Crippen LogP contribution in [0.3, 0.4) is 0 Å². The molecule has 2 aromatic carbocycles. The topological polar surface area (TPSA) is 72.6 Å². The highest BCUT2D eigenvalue weighted by atomic mass is 32.2. The molecule has 6 heteroatoms. The van der Waals surface area contributed by atoms with Gasteiger partial charge in [-0.25, -0.2) is 4.79 Å². The van der Waals surface area contributed by atoms with Crippen LogP contribution in [0.2, 0.25) is 0 Å². The van der Waals surface area contributed by atoms with Crippen molar-refractivity contribution in [3.63, 3.8) is 0 Å². The minimum absolute atomic E-state index is 0.217. The molecule has 0 saturated carbocycles. The van der Waals surface area contributed by atoms with Crippen LogP contribution in [0.4, 0.5) is 0 Å². The summed E-state index contributed by atoms with van der Waals surface area (Å²) < 4.78 is 6.06. The number of β-lactam (4-membered cyclic amide) rings is 1. The highest BCUT2D eigenvalue weighted by Gasteiger charge is 2.52. The molecular weight excluding hydrogens is 408 g/mol. The fourth-order valence-electron chi connectivity index (χ4n) is 3.80. The molecule has 2 aliphatic heterocycles. The molecule has 1 fully saturated rings. The predicted octanol–water partition coefficient (Wildman–Crippen LogP) is 4.17. The average Bonchev–Trinajstić information content (AvgIpc) is 2.82. The number of thioether (sulfide) groups is 1. The van der Waals surface area contributed by atoms with Crippen LogP contribution in [-0.2, 0) is 14.3 Å². The molecule has 2 atom stereocenters. The van der Waals surface area contributed by atoms with Crippen molar-refractivity contribution in [3.05, 3.63) is 95.2 Å². The van der Waals surface area contributed by atoms with Crippen LogP contribution in [0.5, 0.6) is 0 Å². The quantitative estimate of drug-likeness (QED) is 0.523. The van der Waals surface area contributed by atoms with E-state index in [4.69, 9.17) is 10.5 Å². The molecule has 31 heavy (non-hydrogen) atoms. The summed E-state index contributed by atoms with van der Waals surface area (Å²) in [5.41, 5.74) is 8.86. The Hall–Kier alpha value is -2.83. The van der Waals surface area contributed by atoms with Crippen LogP contribution in [0.1, 0.15) is 37.0 Å². The maximum Gasteiger partial charge on any atom is 0.356 e. The Morgan fingerprint density at radius 2 is 1.77 bits per heavy atom. The first-order chi connectivity index (χ1) is 15.1. The second-order valence-electron chi connectivity index (χ2n) is 7.61. The van der Waals surface area contributed by atoms with Crippen LogP contribution in [-0.4, -0.2) is 33.9 Å². The van der Waals surface area contributed by atoms with Gasteiger partial charge in [-0.15, -0.1) is 11.8 Å². The summed E-state index contributed by atoms with van der Waals surface area (Å²) >= 11 is 1.59. The maximum atomic E-state index is 13.5. The van der Waals surface area contributed by atoms with Gasteiger partial charge >= 0.3 is 5.97 Å². The molecule has 2 aliphatic rings. The maximum absolute atomic E-state index is 13.5. The molecule has 5 nitrogen and oxygen atoms in total. The molecule has 1 saturated heterocycles. The van der Waals surface area contributed by atoms with E-state index < -0.39 is 18.1 Å². The van der Waals surface area contributed by atoms with Crippen LogP contribution >= 0.6 is 11.8 Å². The number of unbranched alkanes of at least 4 members (excludes halogenated alkanes) is 1. The van der Waals surface area contributed by atoms with Crippen molar-refractivity contribution < 1.29 is 14.3 Å². The first-order valence-corrected chi connectivity index (χ1v) is 11.6. The van der Waals surface area contributed by atoms with E-state index in [0.29, 0.717) is 11.4 Å². The second-order valence-corrected chi connectivity index (χ2v) is 8.71. The van der Waals surface area contributed by atoms with Gasteiger partial charge in [-0.05, 0) is 23.1 Å². The molecule has 0 radical (unpaired) electrons. The summed E-state index contributed by atoms with van der Waals surface area (Å²) in [6, 6.07) is 18.7. The summed E-state index contributed by atoms with van der Waals surface area (Å²) in [5.74, 6) is -0.116. The number of hydrogen-bond donors (Lipinski definition) is 1. The molecular formula is C25H26N2O3S. The second kappa shape index (κ2) is 9.54. The van der Waals surface area contributed by atoms with E-state index in [2.05, 4.69) is 6.92 Å². The minimum Gasteiger partial charge on any atom is -0.448 e. The van der Waals surface area contributed by atoms with Crippen LogP contribution in [0.15, 0.2) is 84.1 Å². The highest BCUT2D eigenvalue weighted by molar-refractivity contribution is 8.00. The van der Waals surface area contributed by atoms with Gasteiger partial charge in [-0.1, -0.05) is 86.2 Å². The Labute approximate surface area is 187 Å². The number of rotatable bonds is 7. The normalized spacial score (nSPS) is 20.7. The minimum atomic E-state index is -0.576. The van der Waals surface area contributed by atoms with Gasteiger partial charge in [0, 0.05) is 5.75 Å². The number of nitrogens with zero attached hydrogens (tertiary/aromatic N) is 1. The number of ether oxygens (including phenoxy) is 1. The van der Waals surface area contributed by atoms with Crippen LogP contribution < -0.4 is 5.73 Å². The number of carbonyl (C=O) groups excluding carboxylic acids is 2. The van der Waals surface area contributed by atoms with E-state index in [0.717, 1.165) is 29.5 Å². The zero-order valence-corrected chi connectivity index (χ0v) is 18.3. The Kier molecular flexibility index (Phi) is 6.59. The number of allylic oxidation sites excluding steroid dienone is 2. The largest absolute Gasteiger partial charge is 0.448 e. The molecule has 2 aromatic rings. The van der Waals surface area contributed by atoms with Gasteiger partial charge in [-0.3, -0.25) is 9.69 Å². The molecule has 0 spiro atoms. The summed E-state index contributed by atoms with van der Waals surface area (Å²) in [7, 11) is 0. The number of fused-ring (bicyclic) bond motifs is 1. The summed E-state index contributed by atoms with van der Waals surface area (Å²) in [6.45, 7) is 2.10. The molecule has 0 bridgehead atoms. The zero-order chi connectivity index (χ0) is 21.8. The predicted molar refractivity (Wildman–Crippen MR) is 123 cm³/mol. The van der Waals surface area contributed by atoms with Gasteiger partial charge in [0.2, 0.25) is 5.91 Å². The monoisotopic (exact) mass is 434 g/mol. The first kappa shape index (κ1) is 21.4. The SMILES string of the molecule is CCCC=CC1=C(C(=O)OC(c2ccccc2)c2ccccc2)N2C(=O)C(N)[C@@H]2SC1. The average molecular weight is 435 g/mol.